The molecule has 1 aromatic heterocycles. The van der Waals surface area contributed by atoms with Gasteiger partial charge in [-0.25, -0.2) is 9.59 Å². The number of hydrogen-bond acceptors (Lipinski definition) is 6. The van der Waals surface area contributed by atoms with Crippen molar-refractivity contribution in [2.75, 3.05) is 7.11 Å². The zero-order valence-corrected chi connectivity index (χ0v) is 24.4. The number of carboxylic acid groups (broad SMARTS) is 1. The number of methoxy groups -OCH3 is 1. The Labute approximate surface area is 246 Å². The van der Waals surface area contributed by atoms with Crippen LogP contribution in [0.25, 0.3) is 11.1 Å². The number of carbonyl (C=O) groups excluding carboxylic acids is 2. The molecule has 0 saturated carbocycles. The van der Waals surface area contributed by atoms with E-state index in [1.807, 2.05) is 87.5 Å². The third-order valence-corrected chi connectivity index (χ3v) is 6.97. The van der Waals surface area contributed by atoms with E-state index in [1.54, 1.807) is 12.4 Å². The van der Waals surface area contributed by atoms with Gasteiger partial charge in [-0.15, -0.1) is 0 Å². The van der Waals surface area contributed by atoms with Gasteiger partial charge in [0.2, 0.25) is 5.91 Å². The van der Waals surface area contributed by atoms with E-state index in [-0.39, 0.29) is 12.8 Å². The average molecular weight is 577 g/mol. The first kappa shape index (κ1) is 32.1. The van der Waals surface area contributed by atoms with Crippen molar-refractivity contribution in [3.8, 4) is 11.1 Å². The molecule has 3 aromatic rings. The van der Waals surface area contributed by atoms with Crippen molar-refractivity contribution in [2.24, 2.45) is 5.41 Å². The number of amides is 3. The minimum atomic E-state index is -1.26. The molecular weight excluding hydrogens is 536 g/mol. The number of aliphatic hydroxyl groups is 1. The van der Waals surface area contributed by atoms with Crippen LogP contribution in [0.5, 0.6) is 0 Å². The molecule has 4 atom stereocenters. The third kappa shape index (κ3) is 9.88. The van der Waals surface area contributed by atoms with Gasteiger partial charge in [0.1, 0.15) is 6.04 Å². The molecule has 0 aliphatic carbocycles. The van der Waals surface area contributed by atoms with Gasteiger partial charge in [0, 0.05) is 18.4 Å². The monoisotopic (exact) mass is 576 g/mol. The Morgan fingerprint density at radius 2 is 1.43 bits per heavy atom. The van der Waals surface area contributed by atoms with Crippen LogP contribution in [0.2, 0.25) is 0 Å². The fourth-order valence-corrected chi connectivity index (χ4v) is 4.76. The maximum atomic E-state index is 13.4. The summed E-state index contributed by atoms with van der Waals surface area (Å²) in [6.45, 7) is 5.46. The highest BCUT2D eigenvalue weighted by molar-refractivity contribution is 5.86. The topological polar surface area (TPSA) is 150 Å². The largest absolute Gasteiger partial charge is 0.465 e. The van der Waals surface area contributed by atoms with Crippen LogP contribution >= 0.6 is 0 Å². The van der Waals surface area contributed by atoms with Gasteiger partial charge in [-0.1, -0.05) is 75.4 Å². The van der Waals surface area contributed by atoms with E-state index in [0.717, 1.165) is 22.3 Å². The number of nitrogens with one attached hydrogen (secondary N) is 3. The summed E-state index contributed by atoms with van der Waals surface area (Å²) in [7, 11) is 1.23. The minimum absolute atomic E-state index is 0.0652. The smallest absolute Gasteiger partial charge is 0.407 e. The summed E-state index contributed by atoms with van der Waals surface area (Å²) in [5.74, 6) is -0.435. The molecule has 1 heterocycles. The fourth-order valence-electron chi connectivity index (χ4n) is 4.76. The lowest BCUT2D eigenvalue weighted by atomic mass is 9.85. The van der Waals surface area contributed by atoms with Gasteiger partial charge >= 0.3 is 12.2 Å². The predicted octanol–water partition coefficient (Wildman–Crippen LogP) is 4.18. The number of benzene rings is 2. The molecule has 224 valence electrons. The van der Waals surface area contributed by atoms with E-state index >= 15 is 0 Å². The molecule has 0 radical (unpaired) electrons. The van der Waals surface area contributed by atoms with E-state index < -0.39 is 47.7 Å². The number of aliphatic hydroxyl groups excluding tert-OH is 1. The van der Waals surface area contributed by atoms with Gasteiger partial charge in [0.15, 0.2) is 0 Å². The molecule has 5 N–H and O–H groups in total. The van der Waals surface area contributed by atoms with Crippen LogP contribution in [0.1, 0.15) is 38.3 Å². The van der Waals surface area contributed by atoms with Crippen molar-refractivity contribution in [3.63, 3.8) is 0 Å². The summed E-state index contributed by atoms with van der Waals surface area (Å²) in [6, 6.07) is 18.6. The standard InChI is InChI=1S/C32H40N4O6/c1-32(2,3)28(36-31(41)42-4)29(38)34-25(18-21-8-6-5-7-9-21)20-27(37)26(35-30(39)40)19-22-10-12-23(13-11-22)24-14-16-33-17-15-24/h5-17,25-28,35,37H,18-20H2,1-4H3,(H,34,38)(H,36,41)(H,39,40)/t25-,26-,27-,28+/m0/s1. The summed E-state index contributed by atoms with van der Waals surface area (Å²) >= 11 is 0. The number of ether oxygens (including phenoxy) is 1. The van der Waals surface area contributed by atoms with Gasteiger partial charge in [0.05, 0.1) is 19.3 Å². The third-order valence-electron chi connectivity index (χ3n) is 6.97. The van der Waals surface area contributed by atoms with Crippen molar-refractivity contribution >= 4 is 18.1 Å². The Hall–Kier alpha value is -4.44. The number of nitrogens with zero attached hydrogens (tertiary/aromatic N) is 1. The highest BCUT2D eigenvalue weighted by atomic mass is 16.5. The van der Waals surface area contributed by atoms with Crippen molar-refractivity contribution in [3.05, 3.63) is 90.3 Å². The normalized spacial score (nSPS) is 14.1. The highest BCUT2D eigenvalue weighted by Crippen LogP contribution is 2.22. The van der Waals surface area contributed by atoms with Crippen molar-refractivity contribution in [2.45, 2.75) is 64.3 Å². The van der Waals surface area contributed by atoms with E-state index in [9.17, 15) is 24.6 Å². The van der Waals surface area contributed by atoms with E-state index in [4.69, 9.17) is 4.74 Å². The molecule has 2 aromatic carbocycles. The maximum Gasteiger partial charge on any atom is 0.407 e. The first-order valence-corrected chi connectivity index (χ1v) is 13.8. The van der Waals surface area contributed by atoms with Crippen LogP contribution in [0.3, 0.4) is 0 Å². The summed E-state index contributed by atoms with van der Waals surface area (Å²) < 4.78 is 4.71. The quantitative estimate of drug-likeness (QED) is 0.217. The zero-order valence-electron chi connectivity index (χ0n) is 24.4. The lowest BCUT2D eigenvalue weighted by molar-refractivity contribution is -0.126. The molecule has 42 heavy (non-hydrogen) atoms. The number of rotatable bonds is 12. The minimum Gasteiger partial charge on any atom is -0.465 e. The summed E-state index contributed by atoms with van der Waals surface area (Å²) in [6.07, 6.45) is 1.01. The molecule has 0 unspecified atom stereocenters. The van der Waals surface area contributed by atoms with Crippen LogP contribution in [0.15, 0.2) is 79.1 Å². The lowest BCUT2D eigenvalue weighted by Crippen LogP contribution is -2.56. The van der Waals surface area contributed by atoms with E-state index in [2.05, 4.69) is 20.9 Å². The number of alkyl carbamates (subject to hydrolysis) is 1. The Bertz CT molecular complexity index is 1300. The van der Waals surface area contributed by atoms with Crippen LogP contribution in [0, 0.1) is 5.41 Å². The molecule has 0 aliphatic heterocycles. The second kappa shape index (κ2) is 15.0. The predicted molar refractivity (Wildman–Crippen MR) is 160 cm³/mol. The molecule has 0 fully saturated rings. The molecule has 0 aliphatic rings. The van der Waals surface area contributed by atoms with E-state index in [1.165, 1.54) is 7.11 Å². The molecule has 10 nitrogen and oxygen atoms in total. The lowest BCUT2D eigenvalue weighted by Gasteiger charge is -2.33. The average Bonchev–Trinajstić information content (AvgIpc) is 2.95. The second-order valence-corrected chi connectivity index (χ2v) is 11.3. The van der Waals surface area contributed by atoms with Gasteiger partial charge in [-0.2, -0.15) is 0 Å². The molecule has 3 amide bonds. The number of hydrogen-bond donors (Lipinski definition) is 5. The van der Waals surface area contributed by atoms with Crippen LogP contribution in [-0.4, -0.2) is 64.6 Å². The summed E-state index contributed by atoms with van der Waals surface area (Å²) in [4.78, 5) is 41.1. The number of carbonyl (C=O) groups is 3. The highest BCUT2D eigenvalue weighted by Gasteiger charge is 2.35. The molecule has 3 rings (SSSR count). The van der Waals surface area contributed by atoms with Crippen molar-refractivity contribution in [1.29, 1.82) is 0 Å². The second-order valence-electron chi connectivity index (χ2n) is 11.3. The summed E-state index contributed by atoms with van der Waals surface area (Å²) in [5.41, 5.74) is 3.13. The van der Waals surface area contributed by atoms with Crippen LogP contribution < -0.4 is 16.0 Å². The maximum absolute atomic E-state index is 13.4. The SMILES string of the molecule is COC(=O)N[C@H](C(=O)N[C@@H](Cc1ccccc1)C[C@H](O)[C@H](Cc1ccc(-c2ccncc2)cc1)NC(=O)O)C(C)(C)C. The van der Waals surface area contributed by atoms with Gasteiger partial charge in [-0.3, -0.25) is 9.78 Å². The van der Waals surface area contributed by atoms with Gasteiger partial charge in [-0.05, 0) is 59.1 Å². The van der Waals surface area contributed by atoms with Crippen LogP contribution in [0.4, 0.5) is 9.59 Å². The number of aromatic nitrogens is 1. The molecular formula is C32H40N4O6. The van der Waals surface area contributed by atoms with Gasteiger partial charge in [0.25, 0.3) is 0 Å². The first-order valence-electron chi connectivity index (χ1n) is 13.8. The Balaban J connectivity index is 1.80. The zero-order chi connectivity index (χ0) is 30.7. The van der Waals surface area contributed by atoms with Crippen LogP contribution in [-0.2, 0) is 22.4 Å². The molecule has 0 spiro atoms. The Morgan fingerprint density at radius 1 is 0.833 bits per heavy atom. The Kier molecular flexibility index (Phi) is 11.4. The fraction of sp³-hybridized carbons (Fsp3) is 0.375. The molecule has 0 saturated heterocycles. The summed E-state index contributed by atoms with van der Waals surface area (Å²) in [5, 5.41) is 28.9. The molecule has 0 bridgehead atoms. The van der Waals surface area contributed by atoms with Crippen molar-refractivity contribution < 1.29 is 29.3 Å². The Morgan fingerprint density at radius 3 is 2.00 bits per heavy atom. The first-order chi connectivity index (χ1) is 20.0. The number of pyridine rings is 1. The molecule has 10 heteroatoms. The van der Waals surface area contributed by atoms with Crippen molar-refractivity contribution in [1.82, 2.24) is 20.9 Å². The van der Waals surface area contributed by atoms with E-state index in [0.29, 0.717) is 6.42 Å². The van der Waals surface area contributed by atoms with Gasteiger partial charge < -0.3 is 30.9 Å².